The summed E-state index contributed by atoms with van der Waals surface area (Å²) in [5, 5.41) is 3.60. The van der Waals surface area contributed by atoms with Gasteiger partial charge in [0.25, 0.3) is 0 Å². The maximum Gasteiger partial charge on any atom is 0.0421 e. The predicted molar refractivity (Wildman–Crippen MR) is 70.8 cm³/mol. The lowest BCUT2D eigenvalue weighted by Crippen LogP contribution is -2.47. The molecule has 2 nitrogen and oxygen atoms in total. The zero-order valence-electron chi connectivity index (χ0n) is 10.2. The first-order valence-corrected chi connectivity index (χ1v) is 8.11. The number of nitrogens with zero attached hydrogens (tertiary/aromatic N) is 1. The monoisotopic (exact) mass is 240 g/mol. The fourth-order valence-corrected chi connectivity index (χ4v) is 4.69. The number of nitrogens with one attached hydrogen (secondary N) is 1. The van der Waals surface area contributed by atoms with E-state index in [1.165, 1.54) is 63.4 Å². The van der Waals surface area contributed by atoms with E-state index < -0.39 is 0 Å². The van der Waals surface area contributed by atoms with Crippen LogP contribution < -0.4 is 5.32 Å². The van der Waals surface area contributed by atoms with Crippen molar-refractivity contribution in [1.29, 1.82) is 0 Å². The van der Waals surface area contributed by atoms with E-state index in [0.29, 0.717) is 0 Å². The van der Waals surface area contributed by atoms with Crippen LogP contribution in [0.1, 0.15) is 32.1 Å². The van der Waals surface area contributed by atoms with Crippen LogP contribution in [0.15, 0.2) is 0 Å². The van der Waals surface area contributed by atoms with Crippen molar-refractivity contribution in [2.75, 3.05) is 31.3 Å². The molecule has 2 heterocycles. The highest BCUT2D eigenvalue weighted by Gasteiger charge is 2.32. The minimum Gasteiger partial charge on any atom is -0.303 e. The van der Waals surface area contributed by atoms with Gasteiger partial charge in [0.15, 0.2) is 0 Å². The van der Waals surface area contributed by atoms with Gasteiger partial charge in [0.2, 0.25) is 0 Å². The third kappa shape index (κ3) is 2.57. The third-order valence-corrected chi connectivity index (χ3v) is 5.66. The molecule has 3 rings (SSSR count). The standard InChI is InChI=1S/C13H24N2S/c1-2-4-12-7-15(6-5-11(12)3-1)8-13-9-16-10-14-13/h11-14H,1-10H2. The van der Waals surface area contributed by atoms with Gasteiger partial charge in [-0.25, -0.2) is 0 Å². The van der Waals surface area contributed by atoms with Crippen molar-refractivity contribution in [3.05, 3.63) is 0 Å². The van der Waals surface area contributed by atoms with Gasteiger partial charge in [-0.05, 0) is 31.2 Å². The van der Waals surface area contributed by atoms with Crippen LogP contribution in [0.2, 0.25) is 0 Å². The van der Waals surface area contributed by atoms with Crippen LogP contribution in [0.4, 0.5) is 0 Å². The Balaban J connectivity index is 1.50. The summed E-state index contributed by atoms with van der Waals surface area (Å²) in [5.74, 6) is 4.61. The molecule has 0 bridgehead atoms. The van der Waals surface area contributed by atoms with Gasteiger partial charge in [-0.1, -0.05) is 19.3 Å². The third-order valence-electron chi connectivity index (χ3n) is 4.65. The van der Waals surface area contributed by atoms with Crippen molar-refractivity contribution in [2.45, 2.75) is 38.1 Å². The quantitative estimate of drug-likeness (QED) is 0.796. The molecule has 3 atom stereocenters. The minimum atomic E-state index is 0.769. The first kappa shape index (κ1) is 11.4. The molecule has 3 aliphatic rings. The smallest absolute Gasteiger partial charge is 0.0421 e. The van der Waals surface area contributed by atoms with Crippen molar-refractivity contribution in [3.63, 3.8) is 0 Å². The lowest BCUT2D eigenvalue weighted by molar-refractivity contribution is 0.0825. The summed E-state index contributed by atoms with van der Waals surface area (Å²) in [7, 11) is 0. The maximum atomic E-state index is 3.60. The summed E-state index contributed by atoms with van der Waals surface area (Å²) < 4.78 is 0. The van der Waals surface area contributed by atoms with Crippen molar-refractivity contribution in [1.82, 2.24) is 10.2 Å². The van der Waals surface area contributed by atoms with Gasteiger partial charge < -0.3 is 10.2 Å². The average molecular weight is 240 g/mol. The van der Waals surface area contributed by atoms with Crippen LogP contribution in [0.5, 0.6) is 0 Å². The molecule has 3 unspecified atom stereocenters. The molecule has 2 saturated heterocycles. The van der Waals surface area contributed by atoms with Gasteiger partial charge >= 0.3 is 0 Å². The number of thioether (sulfide) groups is 1. The Bertz CT molecular complexity index is 228. The number of hydrogen-bond acceptors (Lipinski definition) is 3. The molecule has 3 heteroatoms. The summed E-state index contributed by atoms with van der Waals surface area (Å²) in [5.41, 5.74) is 0. The molecule has 1 saturated carbocycles. The molecule has 0 aromatic heterocycles. The maximum absolute atomic E-state index is 3.60. The average Bonchev–Trinajstić information content (AvgIpc) is 2.82. The lowest BCUT2D eigenvalue weighted by Gasteiger charge is -2.42. The molecule has 3 fully saturated rings. The molecular weight excluding hydrogens is 216 g/mol. The Morgan fingerprint density at radius 2 is 2.00 bits per heavy atom. The van der Waals surface area contributed by atoms with Crippen LogP contribution >= 0.6 is 11.8 Å². The highest BCUT2D eigenvalue weighted by Crippen LogP contribution is 2.36. The van der Waals surface area contributed by atoms with E-state index in [0.717, 1.165) is 17.9 Å². The molecule has 2 aliphatic heterocycles. The van der Waals surface area contributed by atoms with E-state index in [9.17, 15) is 0 Å². The zero-order valence-corrected chi connectivity index (χ0v) is 11.0. The molecule has 0 aromatic carbocycles. The zero-order chi connectivity index (χ0) is 10.8. The SMILES string of the molecule is C1CCC2CN(CC3CSCN3)CCC2C1. The number of fused-ring (bicyclic) bond motifs is 1. The molecule has 16 heavy (non-hydrogen) atoms. The summed E-state index contributed by atoms with van der Waals surface area (Å²) in [4.78, 5) is 2.73. The van der Waals surface area contributed by atoms with E-state index in [-0.39, 0.29) is 0 Å². The second kappa shape index (κ2) is 5.28. The molecule has 0 aromatic rings. The Hall–Kier alpha value is 0.270. The van der Waals surface area contributed by atoms with Gasteiger partial charge in [-0.3, -0.25) is 0 Å². The van der Waals surface area contributed by atoms with E-state index in [1.807, 2.05) is 0 Å². The second-order valence-electron chi connectivity index (χ2n) is 5.77. The Labute approximate surface area is 104 Å². The fourth-order valence-electron chi connectivity index (χ4n) is 3.71. The molecule has 1 N–H and O–H groups in total. The van der Waals surface area contributed by atoms with Crippen LogP contribution in [0.3, 0.4) is 0 Å². The molecule has 0 radical (unpaired) electrons. The summed E-state index contributed by atoms with van der Waals surface area (Å²) in [6, 6.07) is 0.769. The van der Waals surface area contributed by atoms with Gasteiger partial charge in [-0.2, -0.15) is 0 Å². The number of piperidine rings is 1. The van der Waals surface area contributed by atoms with Crippen LogP contribution in [0.25, 0.3) is 0 Å². The van der Waals surface area contributed by atoms with Crippen LogP contribution in [0, 0.1) is 11.8 Å². The van der Waals surface area contributed by atoms with Crippen LogP contribution in [-0.4, -0.2) is 42.2 Å². The Morgan fingerprint density at radius 1 is 1.12 bits per heavy atom. The largest absolute Gasteiger partial charge is 0.303 e. The van der Waals surface area contributed by atoms with Crippen molar-refractivity contribution < 1.29 is 0 Å². The fraction of sp³-hybridized carbons (Fsp3) is 1.00. The Kier molecular flexibility index (Phi) is 3.75. The molecule has 0 amide bonds. The van der Waals surface area contributed by atoms with Crippen molar-refractivity contribution in [2.24, 2.45) is 11.8 Å². The van der Waals surface area contributed by atoms with Crippen LogP contribution in [-0.2, 0) is 0 Å². The van der Waals surface area contributed by atoms with Gasteiger partial charge in [0.1, 0.15) is 0 Å². The van der Waals surface area contributed by atoms with E-state index in [1.54, 1.807) is 0 Å². The summed E-state index contributed by atoms with van der Waals surface area (Å²) >= 11 is 2.06. The Morgan fingerprint density at radius 3 is 2.81 bits per heavy atom. The second-order valence-corrected chi connectivity index (χ2v) is 6.80. The number of rotatable bonds is 2. The molecule has 1 aliphatic carbocycles. The normalized spacial score (nSPS) is 40.9. The molecular formula is C13H24N2S. The van der Waals surface area contributed by atoms with Crippen molar-refractivity contribution in [3.8, 4) is 0 Å². The van der Waals surface area contributed by atoms with E-state index in [2.05, 4.69) is 22.0 Å². The highest BCUT2D eigenvalue weighted by molar-refractivity contribution is 7.99. The number of likely N-dealkylation sites (tertiary alicyclic amines) is 1. The van der Waals surface area contributed by atoms with Gasteiger partial charge in [0.05, 0.1) is 0 Å². The molecule has 92 valence electrons. The first-order valence-electron chi connectivity index (χ1n) is 6.95. The van der Waals surface area contributed by atoms with Gasteiger partial charge in [-0.15, -0.1) is 11.8 Å². The lowest BCUT2D eigenvalue weighted by atomic mass is 9.75. The minimum absolute atomic E-state index is 0.769. The number of hydrogen-bond donors (Lipinski definition) is 1. The molecule has 0 spiro atoms. The first-order chi connectivity index (χ1) is 7.92. The summed E-state index contributed by atoms with van der Waals surface area (Å²) in [6.07, 6.45) is 7.50. The van der Waals surface area contributed by atoms with E-state index >= 15 is 0 Å². The predicted octanol–water partition coefficient (Wildman–Crippen LogP) is 2.16. The van der Waals surface area contributed by atoms with Gasteiger partial charge in [0, 0.05) is 30.8 Å². The van der Waals surface area contributed by atoms with E-state index in [4.69, 9.17) is 0 Å². The highest BCUT2D eigenvalue weighted by atomic mass is 32.2. The summed E-state index contributed by atoms with van der Waals surface area (Å²) in [6.45, 7) is 4.06. The topological polar surface area (TPSA) is 15.3 Å². The van der Waals surface area contributed by atoms with Crippen molar-refractivity contribution >= 4 is 11.8 Å².